The first kappa shape index (κ1) is 23.8. The van der Waals surface area contributed by atoms with Crippen LogP contribution in [0.4, 0.5) is 19.0 Å². The molecule has 0 amide bonds. The molecule has 188 valence electrons. The van der Waals surface area contributed by atoms with E-state index < -0.39 is 11.9 Å². The third-order valence-electron chi connectivity index (χ3n) is 6.53. The lowest BCUT2D eigenvalue weighted by molar-refractivity contribution is -0.143. The van der Waals surface area contributed by atoms with Crippen LogP contribution < -0.4 is 15.6 Å². The maximum atomic E-state index is 13.3. The number of anilines is 1. The summed E-state index contributed by atoms with van der Waals surface area (Å²) in [5, 5.41) is 8.83. The largest absolute Gasteiger partial charge is 0.488 e. The highest BCUT2D eigenvalue weighted by Gasteiger charge is 2.37. The Bertz CT molecular complexity index is 1450. The van der Waals surface area contributed by atoms with E-state index >= 15 is 0 Å². The van der Waals surface area contributed by atoms with Gasteiger partial charge in [-0.15, -0.1) is 0 Å². The molecule has 0 unspecified atom stereocenters. The first-order valence-corrected chi connectivity index (χ1v) is 11.7. The van der Waals surface area contributed by atoms with Crippen LogP contribution in [0.3, 0.4) is 0 Å². The standard InChI is InChI=1S/C25H25F3N6O2/c1-29-21-12-19-18(13-31-21)23(15-5-10-22(35)33(2)14-15)32-34(19)16-6-8-17(9-7-16)36-20-4-3-11-30-24(20)25(26,27)28/h3-5,10-14,16-17H,6-9H2,1-2H3,(H,29,31)/t16-,17+. The van der Waals surface area contributed by atoms with Crippen LogP contribution in [0.1, 0.15) is 37.4 Å². The Morgan fingerprint density at radius 2 is 1.89 bits per heavy atom. The van der Waals surface area contributed by atoms with Gasteiger partial charge in [-0.05, 0) is 43.9 Å². The van der Waals surface area contributed by atoms with Crippen LogP contribution in [0, 0.1) is 0 Å². The highest BCUT2D eigenvalue weighted by molar-refractivity contribution is 5.93. The van der Waals surface area contributed by atoms with Crippen LogP contribution in [0.15, 0.2) is 53.7 Å². The molecule has 5 rings (SSSR count). The van der Waals surface area contributed by atoms with Crippen molar-refractivity contribution < 1.29 is 17.9 Å². The Hall–Kier alpha value is -3.89. The van der Waals surface area contributed by atoms with Crippen molar-refractivity contribution in [2.45, 2.75) is 44.0 Å². The molecule has 0 atom stereocenters. The molecule has 1 aliphatic rings. The quantitative estimate of drug-likeness (QED) is 0.425. The number of nitrogens with zero attached hydrogens (tertiary/aromatic N) is 5. The van der Waals surface area contributed by atoms with Crippen molar-refractivity contribution in [3.8, 4) is 17.0 Å². The van der Waals surface area contributed by atoms with Gasteiger partial charge in [-0.3, -0.25) is 9.48 Å². The van der Waals surface area contributed by atoms with Gasteiger partial charge >= 0.3 is 6.18 Å². The van der Waals surface area contributed by atoms with Gasteiger partial charge in [0.05, 0.1) is 17.7 Å². The van der Waals surface area contributed by atoms with E-state index in [0.717, 1.165) is 28.4 Å². The number of aryl methyl sites for hydroxylation is 1. The Balaban J connectivity index is 1.42. The smallest absolute Gasteiger partial charge is 0.437 e. The van der Waals surface area contributed by atoms with Crippen molar-refractivity contribution in [2.75, 3.05) is 12.4 Å². The van der Waals surface area contributed by atoms with E-state index in [2.05, 4.69) is 15.3 Å². The van der Waals surface area contributed by atoms with Crippen LogP contribution in [0.25, 0.3) is 22.2 Å². The number of aromatic nitrogens is 5. The van der Waals surface area contributed by atoms with E-state index in [-0.39, 0.29) is 23.5 Å². The number of hydrogen-bond donors (Lipinski definition) is 1. The first-order chi connectivity index (χ1) is 17.2. The summed E-state index contributed by atoms with van der Waals surface area (Å²) in [5.74, 6) is 0.462. The van der Waals surface area contributed by atoms with Gasteiger partial charge in [0, 0.05) is 55.8 Å². The summed E-state index contributed by atoms with van der Waals surface area (Å²) in [7, 11) is 3.48. The summed E-state index contributed by atoms with van der Waals surface area (Å²) in [6.45, 7) is 0. The van der Waals surface area contributed by atoms with Gasteiger partial charge in [0.2, 0.25) is 5.56 Å². The molecule has 0 radical (unpaired) electrons. The molecule has 1 fully saturated rings. The average molecular weight is 499 g/mol. The number of nitrogens with one attached hydrogen (secondary N) is 1. The van der Waals surface area contributed by atoms with E-state index in [1.54, 1.807) is 32.6 Å². The zero-order chi connectivity index (χ0) is 25.4. The Labute approximate surface area is 204 Å². The summed E-state index contributed by atoms with van der Waals surface area (Å²) in [6.07, 6.45) is 2.25. The minimum absolute atomic E-state index is 0.0386. The lowest BCUT2D eigenvalue weighted by atomic mass is 9.93. The summed E-state index contributed by atoms with van der Waals surface area (Å²) >= 11 is 0. The maximum Gasteiger partial charge on any atom is 0.437 e. The number of fused-ring (bicyclic) bond motifs is 1. The second-order valence-corrected chi connectivity index (χ2v) is 8.89. The molecule has 11 heteroatoms. The highest BCUT2D eigenvalue weighted by atomic mass is 19.4. The molecule has 0 spiro atoms. The molecule has 1 N–H and O–H groups in total. The van der Waals surface area contributed by atoms with E-state index in [9.17, 15) is 18.0 Å². The van der Waals surface area contributed by atoms with Crippen LogP contribution in [0.2, 0.25) is 0 Å². The second-order valence-electron chi connectivity index (χ2n) is 8.89. The fourth-order valence-electron chi connectivity index (χ4n) is 4.68. The molecule has 1 aliphatic carbocycles. The molecule has 4 aromatic rings. The topological polar surface area (TPSA) is 86.9 Å². The average Bonchev–Trinajstić information content (AvgIpc) is 3.24. The van der Waals surface area contributed by atoms with Crippen LogP contribution in [0.5, 0.6) is 5.75 Å². The summed E-state index contributed by atoms with van der Waals surface area (Å²) < 4.78 is 49.1. The van der Waals surface area contributed by atoms with Crippen LogP contribution in [-0.4, -0.2) is 37.5 Å². The Kier molecular flexibility index (Phi) is 6.15. The minimum Gasteiger partial charge on any atom is -0.488 e. The highest BCUT2D eigenvalue weighted by Crippen LogP contribution is 2.39. The molecule has 4 aromatic heterocycles. The SMILES string of the molecule is CNc1cc2c(cn1)c(-c1ccc(=O)n(C)c1)nn2[C@H]1CC[C@@H](Oc2cccnc2C(F)(F)F)CC1. The fourth-order valence-corrected chi connectivity index (χ4v) is 4.68. The molecule has 0 bridgehead atoms. The van der Waals surface area contributed by atoms with Gasteiger partial charge < -0.3 is 14.6 Å². The second kappa shape index (κ2) is 9.29. The number of pyridine rings is 3. The predicted molar refractivity (Wildman–Crippen MR) is 129 cm³/mol. The van der Waals surface area contributed by atoms with E-state index in [1.165, 1.54) is 22.8 Å². The Morgan fingerprint density at radius 3 is 2.58 bits per heavy atom. The van der Waals surface area contributed by atoms with Gasteiger partial charge in [-0.1, -0.05) is 0 Å². The number of hydrogen-bond acceptors (Lipinski definition) is 6. The summed E-state index contributed by atoms with van der Waals surface area (Å²) in [4.78, 5) is 19.8. The van der Waals surface area contributed by atoms with Crippen molar-refractivity contribution in [3.05, 3.63) is 65.0 Å². The van der Waals surface area contributed by atoms with Crippen molar-refractivity contribution in [1.29, 1.82) is 0 Å². The van der Waals surface area contributed by atoms with Crippen molar-refractivity contribution in [1.82, 2.24) is 24.3 Å². The van der Waals surface area contributed by atoms with Gasteiger partial charge in [0.25, 0.3) is 0 Å². The third kappa shape index (κ3) is 4.52. The summed E-state index contributed by atoms with van der Waals surface area (Å²) in [5.41, 5.74) is 1.31. The number of halogens is 3. The van der Waals surface area contributed by atoms with Gasteiger partial charge in [-0.2, -0.15) is 18.3 Å². The maximum absolute atomic E-state index is 13.3. The van der Waals surface area contributed by atoms with Crippen molar-refractivity contribution >= 4 is 16.7 Å². The summed E-state index contributed by atoms with van der Waals surface area (Å²) in [6, 6.07) is 7.98. The van der Waals surface area contributed by atoms with E-state index in [1.807, 2.05) is 10.7 Å². The van der Waals surface area contributed by atoms with Gasteiger partial charge in [0.15, 0.2) is 11.4 Å². The molecular weight excluding hydrogens is 473 g/mol. The predicted octanol–water partition coefficient (Wildman–Crippen LogP) is 4.82. The van der Waals surface area contributed by atoms with Crippen LogP contribution in [-0.2, 0) is 13.2 Å². The Morgan fingerprint density at radius 1 is 1.11 bits per heavy atom. The third-order valence-corrected chi connectivity index (χ3v) is 6.53. The van der Waals surface area contributed by atoms with Crippen molar-refractivity contribution in [3.63, 3.8) is 0 Å². The lowest BCUT2D eigenvalue weighted by Gasteiger charge is -2.30. The molecule has 1 saturated carbocycles. The van der Waals surface area contributed by atoms with E-state index in [4.69, 9.17) is 9.84 Å². The molecular formula is C25H25F3N6O2. The molecule has 0 aromatic carbocycles. The minimum atomic E-state index is -4.57. The molecule has 0 saturated heterocycles. The normalized spacial score (nSPS) is 18.4. The number of ether oxygens (including phenoxy) is 1. The molecule has 8 nitrogen and oxygen atoms in total. The molecule has 4 heterocycles. The first-order valence-electron chi connectivity index (χ1n) is 11.7. The zero-order valence-electron chi connectivity index (χ0n) is 19.8. The monoisotopic (exact) mass is 498 g/mol. The van der Waals surface area contributed by atoms with Gasteiger partial charge in [0.1, 0.15) is 11.5 Å². The fraction of sp³-hybridized carbons (Fsp3) is 0.360. The number of rotatable bonds is 5. The van der Waals surface area contributed by atoms with E-state index in [0.29, 0.717) is 31.5 Å². The molecule has 0 aliphatic heterocycles. The molecule has 36 heavy (non-hydrogen) atoms. The van der Waals surface area contributed by atoms with Crippen molar-refractivity contribution in [2.24, 2.45) is 7.05 Å². The van der Waals surface area contributed by atoms with Crippen LogP contribution >= 0.6 is 0 Å². The number of alkyl halides is 3. The lowest BCUT2D eigenvalue weighted by Crippen LogP contribution is -2.27. The zero-order valence-corrected chi connectivity index (χ0v) is 19.8. The van der Waals surface area contributed by atoms with Gasteiger partial charge in [-0.25, -0.2) is 9.97 Å².